The number of imidazole rings is 1. The Balaban J connectivity index is 2.04. The molecule has 0 aliphatic heterocycles. The highest BCUT2D eigenvalue weighted by Crippen LogP contribution is 2.18. The molecule has 3 nitrogen and oxygen atoms in total. The van der Waals surface area contributed by atoms with Gasteiger partial charge in [0.25, 0.3) is 0 Å². The van der Waals surface area contributed by atoms with Crippen LogP contribution < -0.4 is 0 Å². The molecule has 1 unspecified atom stereocenters. The summed E-state index contributed by atoms with van der Waals surface area (Å²) in [5.74, 6) is 0. The fourth-order valence-electron chi connectivity index (χ4n) is 6.03. The van der Waals surface area contributed by atoms with Crippen molar-refractivity contribution < 1.29 is 4.74 Å². The van der Waals surface area contributed by atoms with Gasteiger partial charge in [-0.1, -0.05) is 159 Å². The Kier molecular flexibility index (Phi) is 32.4. The molecule has 1 heterocycles. The van der Waals surface area contributed by atoms with E-state index in [1.165, 1.54) is 173 Å². The van der Waals surface area contributed by atoms with Crippen molar-refractivity contribution in [2.24, 2.45) is 0 Å². The Morgan fingerprint density at radius 1 is 0.533 bits per heavy atom. The second-order valence-electron chi connectivity index (χ2n) is 13.4. The van der Waals surface area contributed by atoms with Crippen molar-refractivity contribution >= 4 is 0 Å². The largest absolute Gasteiger partial charge is 0.376 e. The summed E-state index contributed by atoms with van der Waals surface area (Å²) >= 11 is 0. The molecule has 0 aliphatic rings. The highest BCUT2D eigenvalue weighted by molar-refractivity contribution is 4.92. The second-order valence-corrected chi connectivity index (χ2v) is 13.4. The van der Waals surface area contributed by atoms with Crippen molar-refractivity contribution in [2.75, 3.05) is 6.61 Å². The van der Waals surface area contributed by atoms with Gasteiger partial charge in [0.1, 0.15) is 0 Å². The molecular formula is C42H76N2O. The minimum Gasteiger partial charge on any atom is -0.376 e. The molecular weight excluding hydrogens is 548 g/mol. The van der Waals surface area contributed by atoms with Crippen LogP contribution in [0.25, 0.3) is 0 Å². The normalized spacial score (nSPS) is 12.8. The van der Waals surface area contributed by atoms with Gasteiger partial charge < -0.3 is 9.30 Å². The first-order valence-corrected chi connectivity index (χ1v) is 19.9. The van der Waals surface area contributed by atoms with Crippen molar-refractivity contribution in [1.29, 1.82) is 0 Å². The van der Waals surface area contributed by atoms with Crippen LogP contribution in [0.4, 0.5) is 0 Å². The first-order chi connectivity index (χ1) is 22.4. The van der Waals surface area contributed by atoms with Crippen molar-refractivity contribution in [3.8, 4) is 0 Å². The standard InChI is InChI=1S/C42H76N2O/c1-3-5-7-9-11-13-15-17-19-21-23-25-27-29-31-33-35-42(45-40-39-44-38-37-43-41-44)36-34-32-30-28-26-24-22-20-18-16-14-12-10-8-6-4-2/h11,13,17-20,37-38,41-42H,3-10,12,14-16,21-36,39-40H2,1-2H3. The SMILES string of the molecule is CCCCCC=CCC=CCCCCCCCCC(CCCCCCCCC=CCCCCCCCC)OCCn1ccnc1. The summed E-state index contributed by atoms with van der Waals surface area (Å²) in [6.07, 6.45) is 57.9. The first kappa shape index (κ1) is 41.4. The van der Waals surface area contributed by atoms with Gasteiger partial charge in [0.15, 0.2) is 0 Å². The van der Waals surface area contributed by atoms with Gasteiger partial charge in [-0.25, -0.2) is 4.98 Å². The molecule has 0 spiro atoms. The summed E-state index contributed by atoms with van der Waals surface area (Å²) in [5, 5.41) is 0. The molecule has 0 fully saturated rings. The number of hydrogen-bond acceptors (Lipinski definition) is 2. The predicted octanol–water partition coefficient (Wildman–Crippen LogP) is 13.9. The average molecular weight is 625 g/mol. The van der Waals surface area contributed by atoms with Gasteiger partial charge >= 0.3 is 0 Å². The van der Waals surface area contributed by atoms with Crippen molar-refractivity contribution in [3.05, 3.63) is 55.2 Å². The third-order valence-corrected chi connectivity index (χ3v) is 9.03. The molecule has 1 rings (SSSR count). The molecule has 1 atom stereocenters. The summed E-state index contributed by atoms with van der Waals surface area (Å²) in [6.45, 7) is 6.27. The molecule has 3 heteroatoms. The smallest absolute Gasteiger partial charge is 0.0946 e. The number of unbranched alkanes of at least 4 members (excludes halogenated alkanes) is 21. The monoisotopic (exact) mass is 625 g/mol. The lowest BCUT2D eigenvalue weighted by atomic mass is 10.0. The summed E-state index contributed by atoms with van der Waals surface area (Å²) < 4.78 is 8.52. The summed E-state index contributed by atoms with van der Waals surface area (Å²) in [6, 6.07) is 0. The lowest BCUT2D eigenvalue weighted by Gasteiger charge is -2.18. The van der Waals surface area contributed by atoms with E-state index in [9.17, 15) is 0 Å². The van der Waals surface area contributed by atoms with E-state index in [0.717, 1.165) is 19.6 Å². The molecule has 1 aromatic heterocycles. The molecule has 45 heavy (non-hydrogen) atoms. The Morgan fingerprint density at radius 2 is 0.956 bits per heavy atom. The number of aromatic nitrogens is 2. The molecule has 1 aromatic rings. The zero-order valence-corrected chi connectivity index (χ0v) is 30.3. The van der Waals surface area contributed by atoms with Crippen LogP contribution in [0.1, 0.15) is 194 Å². The minimum atomic E-state index is 0.427. The molecule has 260 valence electrons. The molecule has 0 aliphatic carbocycles. The number of nitrogens with zero attached hydrogens (tertiary/aromatic N) is 2. The van der Waals surface area contributed by atoms with Crippen LogP contribution >= 0.6 is 0 Å². The second kappa shape index (κ2) is 35.2. The molecule has 0 radical (unpaired) electrons. The fraction of sp³-hybridized carbons (Fsp3) is 0.786. The van der Waals surface area contributed by atoms with Crippen molar-refractivity contribution in [1.82, 2.24) is 9.55 Å². The van der Waals surface area contributed by atoms with Crippen LogP contribution in [0.3, 0.4) is 0 Å². The van der Waals surface area contributed by atoms with E-state index in [0.29, 0.717) is 6.10 Å². The van der Waals surface area contributed by atoms with Crippen LogP contribution in [0.15, 0.2) is 55.2 Å². The fourth-order valence-corrected chi connectivity index (χ4v) is 6.03. The Morgan fingerprint density at radius 3 is 1.44 bits per heavy atom. The maximum atomic E-state index is 6.40. The first-order valence-electron chi connectivity index (χ1n) is 19.9. The topological polar surface area (TPSA) is 27.1 Å². The molecule has 0 saturated heterocycles. The Bertz CT molecular complexity index is 766. The van der Waals surface area contributed by atoms with Crippen LogP contribution in [-0.2, 0) is 11.3 Å². The predicted molar refractivity (Wildman–Crippen MR) is 200 cm³/mol. The molecule has 0 amide bonds. The highest BCUT2D eigenvalue weighted by Gasteiger charge is 2.09. The summed E-state index contributed by atoms with van der Waals surface area (Å²) in [4.78, 5) is 4.17. The number of allylic oxidation sites excluding steroid dienone is 6. The van der Waals surface area contributed by atoms with Crippen molar-refractivity contribution in [2.45, 2.75) is 206 Å². The van der Waals surface area contributed by atoms with E-state index in [2.05, 4.69) is 59.9 Å². The maximum Gasteiger partial charge on any atom is 0.0946 e. The quantitative estimate of drug-likeness (QED) is 0.0555. The van der Waals surface area contributed by atoms with E-state index >= 15 is 0 Å². The van der Waals surface area contributed by atoms with E-state index in [1.54, 1.807) is 0 Å². The van der Waals surface area contributed by atoms with Crippen LogP contribution in [0.2, 0.25) is 0 Å². The lowest BCUT2D eigenvalue weighted by molar-refractivity contribution is 0.0333. The van der Waals surface area contributed by atoms with Crippen molar-refractivity contribution in [3.63, 3.8) is 0 Å². The summed E-state index contributed by atoms with van der Waals surface area (Å²) in [5.41, 5.74) is 0. The van der Waals surface area contributed by atoms with Crippen LogP contribution in [0, 0.1) is 0 Å². The van der Waals surface area contributed by atoms with Gasteiger partial charge in [-0.3, -0.25) is 0 Å². The minimum absolute atomic E-state index is 0.427. The maximum absolute atomic E-state index is 6.40. The van der Waals surface area contributed by atoms with Crippen LogP contribution in [-0.4, -0.2) is 22.3 Å². The number of rotatable bonds is 35. The van der Waals surface area contributed by atoms with Crippen LogP contribution in [0.5, 0.6) is 0 Å². The van der Waals surface area contributed by atoms with Gasteiger partial charge in [0.2, 0.25) is 0 Å². The third-order valence-electron chi connectivity index (χ3n) is 9.03. The third kappa shape index (κ3) is 30.8. The molecule has 0 aromatic carbocycles. The average Bonchev–Trinajstić information content (AvgIpc) is 3.57. The summed E-state index contributed by atoms with van der Waals surface area (Å²) in [7, 11) is 0. The molecule has 0 bridgehead atoms. The zero-order valence-electron chi connectivity index (χ0n) is 30.3. The number of ether oxygens (including phenoxy) is 1. The Labute approximate surface area is 281 Å². The zero-order chi connectivity index (χ0) is 32.1. The van der Waals surface area contributed by atoms with Gasteiger partial charge in [0.05, 0.1) is 19.0 Å². The van der Waals surface area contributed by atoms with E-state index in [1.807, 2.05) is 18.7 Å². The van der Waals surface area contributed by atoms with Gasteiger partial charge in [-0.15, -0.1) is 0 Å². The lowest BCUT2D eigenvalue weighted by Crippen LogP contribution is -2.16. The highest BCUT2D eigenvalue weighted by atomic mass is 16.5. The molecule has 0 saturated carbocycles. The van der Waals surface area contributed by atoms with Gasteiger partial charge in [0, 0.05) is 18.9 Å². The van der Waals surface area contributed by atoms with Gasteiger partial charge in [-0.2, -0.15) is 0 Å². The number of hydrogen-bond donors (Lipinski definition) is 0. The molecule has 0 N–H and O–H groups in total. The van der Waals surface area contributed by atoms with E-state index < -0.39 is 0 Å². The Hall–Kier alpha value is -1.61. The van der Waals surface area contributed by atoms with E-state index in [-0.39, 0.29) is 0 Å². The van der Waals surface area contributed by atoms with E-state index in [4.69, 9.17) is 4.74 Å². The van der Waals surface area contributed by atoms with Gasteiger partial charge in [-0.05, 0) is 70.6 Å².